The largest absolute Gasteiger partial charge is 0.353 e. The third-order valence-electron chi connectivity index (χ3n) is 3.52. The molecule has 0 spiro atoms. The average Bonchev–Trinajstić information content (AvgIpc) is 2.54. The van der Waals surface area contributed by atoms with E-state index in [0.717, 1.165) is 0 Å². The summed E-state index contributed by atoms with van der Waals surface area (Å²) in [4.78, 5) is 11.2. The molecular weight excluding hydrogens is 296 g/mol. The van der Waals surface area contributed by atoms with Crippen molar-refractivity contribution in [2.45, 2.75) is 46.3 Å². The van der Waals surface area contributed by atoms with Crippen LogP contribution in [0, 0.1) is 56.2 Å². The van der Waals surface area contributed by atoms with Crippen molar-refractivity contribution >= 4 is 5.78 Å². The maximum atomic E-state index is 11.2. The highest BCUT2D eigenvalue weighted by Crippen LogP contribution is 2.45. The number of ether oxygens (including phenoxy) is 2. The lowest BCUT2D eigenvalue weighted by molar-refractivity contribution is -0.151. The second-order valence-electron chi connectivity index (χ2n) is 5.00. The molecule has 0 fully saturated rings. The van der Waals surface area contributed by atoms with E-state index in [1.165, 1.54) is 6.92 Å². The fourth-order valence-corrected chi connectivity index (χ4v) is 2.17. The first-order valence-electron chi connectivity index (χ1n) is 7.28. The van der Waals surface area contributed by atoms with Crippen LogP contribution in [0.1, 0.15) is 40.0 Å². The second kappa shape index (κ2) is 9.54. The van der Waals surface area contributed by atoms with Gasteiger partial charge in [-0.05, 0) is 27.2 Å². The lowest BCUT2D eigenvalue weighted by atomic mass is 9.62. The summed E-state index contributed by atoms with van der Waals surface area (Å²) in [5.41, 5.74) is -3.89. The van der Waals surface area contributed by atoms with Crippen LogP contribution in [-0.4, -0.2) is 25.3 Å². The minimum absolute atomic E-state index is 0.0693. The van der Waals surface area contributed by atoms with Crippen molar-refractivity contribution < 1.29 is 14.3 Å². The van der Waals surface area contributed by atoms with Gasteiger partial charge in [0, 0.05) is 26.1 Å². The highest BCUT2D eigenvalue weighted by Gasteiger charge is 2.55. The Hall–Kier alpha value is -2.45. The van der Waals surface area contributed by atoms with Crippen molar-refractivity contribution in [3.8, 4) is 24.3 Å². The highest BCUT2D eigenvalue weighted by atomic mass is 16.7. The van der Waals surface area contributed by atoms with Crippen LogP contribution in [0.5, 0.6) is 0 Å². The molecule has 0 radical (unpaired) electrons. The molecule has 0 aliphatic rings. The molecule has 0 N–H and O–H groups in total. The lowest BCUT2D eigenvalue weighted by Crippen LogP contribution is -2.42. The minimum Gasteiger partial charge on any atom is -0.353 e. The fourth-order valence-electron chi connectivity index (χ4n) is 2.17. The van der Waals surface area contributed by atoms with Gasteiger partial charge in [-0.1, -0.05) is 0 Å². The van der Waals surface area contributed by atoms with Crippen molar-refractivity contribution in [3.63, 3.8) is 0 Å². The molecule has 0 aromatic rings. The number of carbonyl (C=O) groups excluding carboxylic acids is 1. The molecule has 0 amide bonds. The fraction of sp³-hybridized carbons (Fsp3) is 0.688. The molecule has 0 atom stereocenters. The van der Waals surface area contributed by atoms with E-state index in [4.69, 9.17) is 9.47 Å². The van der Waals surface area contributed by atoms with Crippen LogP contribution in [0.4, 0.5) is 0 Å². The molecule has 0 aliphatic carbocycles. The van der Waals surface area contributed by atoms with Crippen LogP contribution in [-0.2, 0) is 14.3 Å². The normalized spacial score (nSPS) is 11.1. The number of carbonyl (C=O) groups is 1. The Balaban J connectivity index is 5.83. The van der Waals surface area contributed by atoms with Crippen molar-refractivity contribution in [1.82, 2.24) is 0 Å². The molecule has 0 bridgehead atoms. The molecule has 7 heteroatoms. The van der Waals surface area contributed by atoms with Crippen LogP contribution in [0.3, 0.4) is 0 Å². The van der Waals surface area contributed by atoms with Gasteiger partial charge < -0.3 is 14.3 Å². The maximum Gasteiger partial charge on any atom is 0.180 e. The van der Waals surface area contributed by atoms with Gasteiger partial charge in [-0.15, -0.1) is 0 Å². The van der Waals surface area contributed by atoms with E-state index in [0.29, 0.717) is 0 Å². The molecule has 23 heavy (non-hydrogen) atoms. The van der Waals surface area contributed by atoms with Crippen LogP contribution >= 0.6 is 0 Å². The number of Topliss-reactive ketones (excluding diaryl/α,β-unsaturated/α-hetero) is 1. The summed E-state index contributed by atoms with van der Waals surface area (Å²) in [5, 5.41) is 38.1. The first-order chi connectivity index (χ1) is 10.9. The zero-order valence-electron chi connectivity index (χ0n) is 13.6. The molecular formula is C16H20N4O3. The van der Waals surface area contributed by atoms with Crippen molar-refractivity contribution in [1.29, 1.82) is 21.0 Å². The molecule has 0 rings (SSSR count). The van der Waals surface area contributed by atoms with E-state index in [1.54, 1.807) is 38.1 Å². The molecule has 0 aliphatic heterocycles. The molecule has 0 saturated heterocycles. The number of hydrogen-bond acceptors (Lipinski definition) is 7. The van der Waals surface area contributed by atoms with E-state index < -0.39 is 17.1 Å². The van der Waals surface area contributed by atoms with Gasteiger partial charge in [-0.2, -0.15) is 21.0 Å². The first-order valence-corrected chi connectivity index (χ1v) is 7.28. The van der Waals surface area contributed by atoms with Gasteiger partial charge in [-0.3, -0.25) is 0 Å². The quantitative estimate of drug-likeness (QED) is 0.564. The summed E-state index contributed by atoms with van der Waals surface area (Å²) < 4.78 is 10.7. The van der Waals surface area contributed by atoms with Crippen molar-refractivity contribution in [2.24, 2.45) is 10.8 Å². The number of hydrogen-bond donors (Lipinski definition) is 0. The lowest BCUT2D eigenvalue weighted by Gasteiger charge is -2.33. The van der Waals surface area contributed by atoms with Gasteiger partial charge in [-0.25, -0.2) is 0 Å². The zero-order chi connectivity index (χ0) is 17.9. The SMILES string of the molecule is CCOC(CC(C#N)(C#N)C(C#N)(C#N)CCC(C)=O)OCC. The summed E-state index contributed by atoms with van der Waals surface area (Å²) in [6.07, 6.45) is -1.40. The molecule has 122 valence electrons. The minimum atomic E-state index is -1.96. The smallest absolute Gasteiger partial charge is 0.180 e. The molecule has 0 saturated carbocycles. The van der Waals surface area contributed by atoms with Gasteiger partial charge in [0.05, 0.1) is 24.3 Å². The second-order valence-corrected chi connectivity index (χ2v) is 5.00. The number of ketones is 1. The van der Waals surface area contributed by atoms with Gasteiger partial charge in [0.1, 0.15) is 5.78 Å². The van der Waals surface area contributed by atoms with Crippen LogP contribution in [0.15, 0.2) is 0 Å². The van der Waals surface area contributed by atoms with Gasteiger partial charge >= 0.3 is 0 Å². The van der Waals surface area contributed by atoms with Crippen molar-refractivity contribution in [2.75, 3.05) is 13.2 Å². The Morgan fingerprint density at radius 2 is 1.39 bits per heavy atom. The van der Waals surface area contributed by atoms with E-state index in [2.05, 4.69) is 0 Å². The van der Waals surface area contributed by atoms with Gasteiger partial charge in [0.15, 0.2) is 17.1 Å². The van der Waals surface area contributed by atoms with E-state index in [-0.39, 0.29) is 38.3 Å². The summed E-state index contributed by atoms with van der Waals surface area (Å²) in [6, 6.07) is 7.17. The summed E-state index contributed by atoms with van der Waals surface area (Å²) in [7, 11) is 0. The van der Waals surface area contributed by atoms with Crippen molar-refractivity contribution in [3.05, 3.63) is 0 Å². The third kappa shape index (κ3) is 4.76. The summed E-state index contributed by atoms with van der Waals surface area (Å²) in [5.74, 6) is -0.226. The van der Waals surface area contributed by atoms with Gasteiger partial charge in [0.2, 0.25) is 0 Å². The molecule has 7 nitrogen and oxygen atoms in total. The topological polar surface area (TPSA) is 131 Å². The van der Waals surface area contributed by atoms with Gasteiger partial charge in [0.25, 0.3) is 0 Å². The zero-order valence-corrected chi connectivity index (χ0v) is 13.6. The molecule has 0 aromatic carbocycles. The highest BCUT2D eigenvalue weighted by molar-refractivity contribution is 5.75. The predicted molar refractivity (Wildman–Crippen MR) is 78.9 cm³/mol. The molecule has 0 aromatic heterocycles. The number of rotatable bonds is 10. The first kappa shape index (κ1) is 20.6. The summed E-state index contributed by atoms with van der Waals surface area (Å²) >= 11 is 0. The Bertz CT molecular complexity index is 540. The van der Waals surface area contributed by atoms with Crippen LogP contribution in [0.2, 0.25) is 0 Å². The maximum absolute atomic E-state index is 11.2. The van der Waals surface area contributed by atoms with E-state index in [9.17, 15) is 25.8 Å². The predicted octanol–water partition coefficient (Wildman–Crippen LogP) is 2.21. The van der Waals surface area contributed by atoms with Crippen LogP contribution in [0.25, 0.3) is 0 Å². The summed E-state index contributed by atoms with van der Waals surface area (Å²) in [6.45, 7) is 5.35. The van der Waals surface area contributed by atoms with E-state index >= 15 is 0 Å². The Labute approximate surface area is 136 Å². The Morgan fingerprint density at radius 3 is 1.70 bits per heavy atom. The average molecular weight is 316 g/mol. The third-order valence-corrected chi connectivity index (χ3v) is 3.52. The molecule has 0 heterocycles. The van der Waals surface area contributed by atoms with E-state index in [1.807, 2.05) is 0 Å². The molecule has 0 unspecified atom stereocenters. The van der Waals surface area contributed by atoms with Crippen LogP contribution < -0.4 is 0 Å². The Morgan fingerprint density at radius 1 is 0.957 bits per heavy atom. The monoisotopic (exact) mass is 316 g/mol. The number of nitrogens with zero attached hydrogens (tertiary/aromatic N) is 4. The number of nitriles is 4. The standard InChI is InChI=1S/C16H20N4O3/c1-4-22-14(23-5-2)8-16(11-19,12-20)15(9-17,10-18)7-6-13(3)21/h14H,4-8H2,1-3H3. The Kier molecular flexibility index (Phi) is 8.53.